The van der Waals surface area contributed by atoms with Crippen LogP contribution in [0.2, 0.25) is 5.02 Å². The fourth-order valence-corrected chi connectivity index (χ4v) is 2.74. The van der Waals surface area contributed by atoms with Crippen molar-refractivity contribution in [3.05, 3.63) is 59.2 Å². The van der Waals surface area contributed by atoms with Crippen molar-refractivity contribution >= 4 is 52.3 Å². The molecule has 0 radical (unpaired) electrons. The molecule has 1 N–H and O–H groups in total. The van der Waals surface area contributed by atoms with Crippen molar-refractivity contribution in [2.45, 2.75) is 6.92 Å². The molecule has 2 aromatic carbocycles. The number of esters is 1. The lowest BCUT2D eigenvalue weighted by molar-refractivity contribution is 0.0527. The summed E-state index contributed by atoms with van der Waals surface area (Å²) in [6.45, 7) is 2.04. The standard InChI is InChI=1S/C19H17ClN2O3.ClH/c1-3-25-19(23)13-11-21-18-12(7-6-10-16(18)24-2)17(13)22-15-9-5-4-8-14(15)20;/h4-11H,3H2,1-2H3,(H,21,22);1H. The van der Waals surface area contributed by atoms with Gasteiger partial charge in [0.1, 0.15) is 16.8 Å². The lowest BCUT2D eigenvalue weighted by Gasteiger charge is -2.16. The Morgan fingerprint density at radius 3 is 2.65 bits per heavy atom. The zero-order valence-corrected chi connectivity index (χ0v) is 15.9. The van der Waals surface area contributed by atoms with E-state index < -0.39 is 5.97 Å². The number of rotatable bonds is 5. The third kappa shape index (κ3) is 3.84. The van der Waals surface area contributed by atoms with Gasteiger partial charge in [-0.2, -0.15) is 0 Å². The van der Waals surface area contributed by atoms with Gasteiger partial charge in [0, 0.05) is 11.6 Å². The van der Waals surface area contributed by atoms with E-state index in [2.05, 4.69) is 10.3 Å². The van der Waals surface area contributed by atoms with E-state index in [1.54, 1.807) is 20.1 Å². The second-order valence-electron chi connectivity index (χ2n) is 5.23. The van der Waals surface area contributed by atoms with Crippen LogP contribution in [0.1, 0.15) is 17.3 Å². The summed E-state index contributed by atoms with van der Waals surface area (Å²) in [4.78, 5) is 16.8. The average molecular weight is 393 g/mol. The van der Waals surface area contributed by atoms with Gasteiger partial charge in [0.2, 0.25) is 0 Å². The number of nitrogens with one attached hydrogen (secondary N) is 1. The Balaban J connectivity index is 0.00000243. The number of pyridine rings is 1. The SMILES string of the molecule is CCOC(=O)c1cnc2c(OC)cccc2c1Nc1ccccc1Cl.Cl. The number of hydrogen-bond acceptors (Lipinski definition) is 5. The van der Waals surface area contributed by atoms with E-state index in [4.69, 9.17) is 21.1 Å². The Hall–Kier alpha value is -2.50. The highest BCUT2D eigenvalue weighted by Crippen LogP contribution is 2.35. The maximum absolute atomic E-state index is 12.4. The fourth-order valence-electron chi connectivity index (χ4n) is 2.56. The number of ether oxygens (including phenoxy) is 2. The van der Waals surface area contributed by atoms with Gasteiger partial charge in [-0.15, -0.1) is 12.4 Å². The first-order valence-electron chi connectivity index (χ1n) is 7.80. The molecule has 0 bridgehead atoms. The van der Waals surface area contributed by atoms with E-state index in [-0.39, 0.29) is 19.0 Å². The van der Waals surface area contributed by atoms with Crippen LogP contribution in [-0.2, 0) is 4.74 Å². The van der Waals surface area contributed by atoms with E-state index in [1.165, 1.54) is 6.20 Å². The lowest BCUT2D eigenvalue weighted by Crippen LogP contribution is -2.09. The van der Waals surface area contributed by atoms with Gasteiger partial charge in [0.25, 0.3) is 0 Å². The summed E-state index contributed by atoms with van der Waals surface area (Å²) in [7, 11) is 1.58. The number of halogens is 2. The number of benzene rings is 2. The van der Waals surface area contributed by atoms with Gasteiger partial charge < -0.3 is 14.8 Å². The molecule has 1 aromatic heterocycles. The minimum atomic E-state index is -0.450. The van der Waals surface area contributed by atoms with Crippen LogP contribution in [0.3, 0.4) is 0 Å². The molecule has 136 valence electrons. The van der Waals surface area contributed by atoms with Crippen molar-refractivity contribution in [2.24, 2.45) is 0 Å². The molecule has 3 aromatic rings. The second kappa shape index (κ2) is 8.74. The van der Waals surface area contributed by atoms with Gasteiger partial charge >= 0.3 is 5.97 Å². The summed E-state index contributed by atoms with van der Waals surface area (Å²) >= 11 is 6.26. The van der Waals surface area contributed by atoms with Gasteiger partial charge in [-0.25, -0.2) is 4.79 Å². The van der Waals surface area contributed by atoms with Crippen molar-refractivity contribution in [2.75, 3.05) is 19.0 Å². The van der Waals surface area contributed by atoms with Crippen LogP contribution >= 0.6 is 24.0 Å². The number of methoxy groups -OCH3 is 1. The molecule has 1 heterocycles. The summed E-state index contributed by atoms with van der Waals surface area (Å²) < 4.78 is 10.5. The van der Waals surface area contributed by atoms with Gasteiger partial charge in [0.05, 0.1) is 30.1 Å². The normalized spacial score (nSPS) is 10.1. The van der Waals surface area contributed by atoms with Gasteiger partial charge in [-0.3, -0.25) is 4.98 Å². The van der Waals surface area contributed by atoms with Crippen LogP contribution in [0, 0.1) is 0 Å². The Labute approximate surface area is 162 Å². The number of hydrogen-bond donors (Lipinski definition) is 1. The molecule has 0 amide bonds. The van der Waals surface area contributed by atoms with Gasteiger partial charge in [-0.1, -0.05) is 35.9 Å². The summed E-state index contributed by atoms with van der Waals surface area (Å²) in [5, 5.41) is 4.53. The number of fused-ring (bicyclic) bond motifs is 1. The first-order valence-corrected chi connectivity index (χ1v) is 8.18. The van der Waals surface area contributed by atoms with Crippen molar-refractivity contribution in [3.63, 3.8) is 0 Å². The van der Waals surface area contributed by atoms with Crippen LogP contribution in [0.15, 0.2) is 48.7 Å². The molecule has 0 aliphatic heterocycles. The monoisotopic (exact) mass is 392 g/mol. The number of para-hydroxylation sites is 2. The third-order valence-corrected chi connectivity index (χ3v) is 4.04. The Bertz CT molecular complexity index is 932. The molecule has 5 nitrogen and oxygen atoms in total. The van der Waals surface area contributed by atoms with Crippen LogP contribution < -0.4 is 10.1 Å². The molecular weight excluding hydrogens is 375 g/mol. The molecule has 3 rings (SSSR count). The number of carbonyl (C=O) groups excluding carboxylic acids is 1. The zero-order valence-electron chi connectivity index (χ0n) is 14.3. The summed E-state index contributed by atoms with van der Waals surface area (Å²) in [5.74, 6) is 0.171. The molecular formula is C19H18Cl2N2O3. The highest BCUT2D eigenvalue weighted by atomic mass is 35.5. The van der Waals surface area contributed by atoms with Crippen LogP contribution in [-0.4, -0.2) is 24.7 Å². The molecule has 0 spiro atoms. The predicted octanol–water partition coefficient (Wildman–Crippen LogP) is 5.24. The molecule has 0 saturated carbocycles. The predicted molar refractivity (Wildman–Crippen MR) is 106 cm³/mol. The molecule has 0 unspecified atom stereocenters. The van der Waals surface area contributed by atoms with E-state index in [0.717, 1.165) is 5.39 Å². The first kappa shape index (κ1) is 19.8. The molecule has 0 fully saturated rings. The summed E-state index contributed by atoms with van der Waals surface area (Å²) in [6.07, 6.45) is 1.49. The maximum Gasteiger partial charge on any atom is 0.341 e. The van der Waals surface area contributed by atoms with E-state index in [0.29, 0.717) is 33.2 Å². The van der Waals surface area contributed by atoms with Crippen LogP contribution in [0.4, 0.5) is 11.4 Å². The van der Waals surface area contributed by atoms with E-state index >= 15 is 0 Å². The second-order valence-corrected chi connectivity index (χ2v) is 5.64. The van der Waals surface area contributed by atoms with Crippen molar-refractivity contribution in [1.82, 2.24) is 4.98 Å². The Morgan fingerprint density at radius 2 is 1.96 bits per heavy atom. The minimum Gasteiger partial charge on any atom is -0.494 e. The highest BCUT2D eigenvalue weighted by Gasteiger charge is 2.19. The Kier molecular flexibility index (Phi) is 6.66. The zero-order chi connectivity index (χ0) is 17.8. The first-order chi connectivity index (χ1) is 12.2. The third-order valence-electron chi connectivity index (χ3n) is 3.71. The molecule has 26 heavy (non-hydrogen) atoms. The number of aromatic nitrogens is 1. The maximum atomic E-state index is 12.4. The smallest absolute Gasteiger partial charge is 0.341 e. The van der Waals surface area contributed by atoms with Crippen LogP contribution in [0.5, 0.6) is 5.75 Å². The largest absolute Gasteiger partial charge is 0.494 e. The number of anilines is 2. The lowest BCUT2D eigenvalue weighted by atomic mass is 10.1. The quantitative estimate of drug-likeness (QED) is 0.601. The topological polar surface area (TPSA) is 60.5 Å². The van der Waals surface area contributed by atoms with E-state index in [9.17, 15) is 4.79 Å². The number of nitrogens with zero attached hydrogens (tertiary/aromatic N) is 1. The van der Waals surface area contributed by atoms with Crippen molar-refractivity contribution in [3.8, 4) is 5.75 Å². The minimum absolute atomic E-state index is 0. The van der Waals surface area contributed by atoms with E-state index in [1.807, 2.05) is 36.4 Å². The molecule has 0 saturated heterocycles. The summed E-state index contributed by atoms with van der Waals surface area (Å²) in [5.41, 5.74) is 2.25. The summed E-state index contributed by atoms with van der Waals surface area (Å²) in [6, 6.07) is 12.8. The highest BCUT2D eigenvalue weighted by molar-refractivity contribution is 6.33. The molecule has 0 aliphatic carbocycles. The van der Waals surface area contributed by atoms with Gasteiger partial charge in [0.15, 0.2) is 0 Å². The fraction of sp³-hybridized carbons (Fsp3) is 0.158. The average Bonchev–Trinajstić information content (AvgIpc) is 2.63. The molecule has 0 aliphatic rings. The van der Waals surface area contributed by atoms with Crippen molar-refractivity contribution in [1.29, 1.82) is 0 Å². The van der Waals surface area contributed by atoms with Crippen molar-refractivity contribution < 1.29 is 14.3 Å². The Morgan fingerprint density at radius 1 is 1.19 bits per heavy atom. The van der Waals surface area contributed by atoms with Gasteiger partial charge in [-0.05, 0) is 25.1 Å². The molecule has 0 atom stereocenters. The van der Waals surface area contributed by atoms with Crippen LogP contribution in [0.25, 0.3) is 10.9 Å². The molecule has 7 heteroatoms. The number of carbonyl (C=O) groups is 1.